The molecule has 1 heterocycles. The van der Waals surface area contributed by atoms with E-state index in [1.54, 1.807) is 0 Å². The van der Waals surface area contributed by atoms with Crippen molar-refractivity contribution in [2.24, 2.45) is 5.92 Å². The monoisotopic (exact) mass is 408 g/mol. The van der Waals surface area contributed by atoms with Gasteiger partial charge in [0.05, 0.1) is 0 Å². The van der Waals surface area contributed by atoms with Gasteiger partial charge in [-0.05, 0) is 55.0 Å². The molecule has 1 saturated carbocycles. The average Bonchev–Trinajstić information content (AvgIpc) is 3.19. The second kappa shape index (κ2) is 9.26. The predicted molar refractivity (Wildman–Crippen MR) is 115 cm³/mol. The molecule has 1 aromatic heterocycles. The number of fused-ring (bicyclic) bond motifs is 1. The molecule has 158 valence electrons. The van der Waals surface area contributed by atoms with Gasteiger partial charge in [-0.25, -0.2) is 0 Å². The summed E-state index contributed by atoms with van der Waals surface area (Å²) in [6, 6.07) is 13.4. The second-order valence-electron chi connectivity index (χ2n) is 7.98. The van der Waals surface area contributed by atoms with Crippen LogP contribution in [0.4, 0.5) is 0 Å². The number of benzene rings is 2. The number of aliphatic hydroxyl groups is 1. The molecular formula is C23H28N4O3. The van der Waals surface area contributed by atoms with E-state index < -0.39 is 0 Å². The zero-order valence-electron chi connectivity index (χ0n) is 17.3. The number of hydrogen-bond acceptors (Lipinski definition) is 5. The number of amides is 1. The first-order valence-corrected chi connectivity index (χ1v) is 10.6. The van der Waals surface area contributed by atoms with Crippen LogP contribution < -0.4 is 10.1 Å². The third-order valence-electron chi connectivity index (χ3n) is 5.74. The molecular weight excluding hydrogens is 380 g/mol. The summed E-state index contributed by atoms with van der Waals surface area (Å²) in [7, 11) is 0. The molecule has 3 aromatic rings. The summed E-state index contributed by atoms with van der Waals surface area (Å²) in [5.41, 5.74) is 3.15. The first kappa shape index (κ1) is 20.3. The van der Waals surface area contributed by atoms with Crippen LogP contribution in [0.2, 0.25) is 0 Å². The molecule has 1 amide bonds. The Kier molecular flexibility index (Phi) is 6.28. The largest absolute Gasteiger partial charge is 0.481 e. The fourth-order valence-electron chi connectivity index (χ4n) is 4.02. The minimum Gasteiger partial charge on any atom is -0.481 e. The van der Waals surface area contributed by atoms with Crippen LogP contribution in [-0.2, 0) is 11.2 Å². The molecule has 1 aliphatic carbocycles. The SMILES string of the molecule is C[C@H]1CCCC[C@@H]1NC(=O)COc1ccc(CCO)cc1-n1nc2ccccc2n1. The van der Waals surface area contributed by atoms with Gasteiger partial charge in [0.2, 0.25) is 0 Å². The van der Waals surface area contributed by atoms with E-state index in [0.717, 1.165) is 35.9 Å². The Morgan fingerprint density at radius 1 is 1.17 bits per heavy atom. The van der Waals surface area contributed by atoms with Gasteiger partial charge in [-0.15, -0.1) is 15.0 Å². The number of carbonyl (C=O) groups is 1. The summed E-state index contributed by atoms with van der Waals surface area (Å²) in [5, 5.41) is 21.5. The molecule has 2 aromatic carbocycles. The van der Waals surface area contributed by atoms with Crippen LogP contribution in [0.15, 0.2) is 42.5 Å². The van der Waals surface area contributed by atoms with E-state index in [-0.39, 0.29) is 25.2 Å². The summed E-state index contributed by atoms with van der Waals surface area (Å²) < 4.78 is 5.88. The summed E-state index contributed by atoms with van der Waals surface area (Å²) in [6.07, 6.45) is 5.09. The standard InChI is InChI=1S/C23H28N4O3/c1-16-6-2-3-7-18(16)24-23(29)15-30-22-11-10-17(12-13-28)14-21(22)27-25-19-8-4-5-9-20(19)26-27/h4-5,8-11,14,16,18,28H,2-3,6-7,12-13,15H2,1H3,(H,24,29)/t16-,18-/m0/s1. The van der Waals surface area contributed by atoms with E-state index >= 15 is 0 Å². The van der Waals surface area contributed by atoms with Crippen molar-refractivity contribution in [3.8, 4) is 11.4 Å². The van der Waals surface area contributed by atoms with E-state index in [9.17, 15) is 9.90 Å². The molecule has 2 N–H and O–H groups in total. The van der Waals surface area contributed by atoms with Crippen molar-refractivity contribution in [1.29, 1.82) is 0 Å². The number of hydrogen-bond donors (Lipinski definition) is 2. The highest BCUT2D eigenvalue weighted by molar-refractivity contribution is 5.78. The molecule has 2 atom stereocenters. The molecule has 0 spiro atoms. The highest BCUT2D eigenvalue weighted by Crippen LogP contribution is 2.26. The van der Waals surface area contributed by atoms with Crippen molar-refractivity contribution in [1.82, 2.24) is 20.3 Å². The first-order valence-electron chi connectivity index (χ1n) is 10.6. The van der Waals surface area contributed by atoms with Gasteiger partial charge >= 0.3 is 0 Å². The normalized spacial score (nSPS) is 19.0. The van der Waals surface area contributed by atoms with Crippen molar-refractivity contribution in [3.63, 3.8) is 0 Å². The molecule has 0 aliphatic heterocycles. The molecule has 0 saturated heterocycles. The first-order chi connectivity index (χ1) is 14.6. The van der Waals surface area contributed by atoms with Crippen molar-refractivity contribution < 1.29 is 14.6 Å². The number of nitrogens with zero attached hydrogens (tertiary/aromatic N) is 3. The summed E-state index contributed by atoms with van der Waals surface area (Å²) in [4.78, 5) is 14.0. The number of carbonyl (C=O) groups excluding carboxylic acids is 1. The highest BCUT2D eigenvalue weighted by Gasteiger charge is 2.23. The maximum absolute atomic E-state index is 12.5. The Morgan fingerprint density at radius 3 is 2.60 bits per heavy atom. The van der Waals surface area contributed by atoms with Gasteiger partial charge in [-0.1, -0.05) is 38.0 Å². The van der Waals surface area contributed by atoms with Crippen LogP contribution in [0.3, 0.4) is 0 Å². The topological polar surface area (TPSA) is 89.3 Å². The Morgan fingerprint density at radius 2 is 1.90 bits per heavy atom. The minimum atomic E-state index is -0.113. The maximum atomic E-state index is 12.5. The van der Waals surface area contributed by atoms with E-state index in [1.165, 1.54) is 11.2 Å². The molecule has 1 aliphatic rings. The lowest BCUT2D eigenvalue weighted by Crippen LogP contribution is -2.43. The van der Waals surface area contributed by atoms with Crippen LogP contribution in [0.25, 0.3) is 16.7 Å². The van der Waals surface area contributed by atoms with Gasteiger partial charge in [0.25, 0.3) is 5.91 Å². The van der Waals surface area contributed by atoms with Crippen molar-refractivity contribution in [2.45, 2.75) is 45.1 Å². The third kappa shape index (κ3) is 4.62. The molecule has 0 unspecified atom stereocenters. The van der Waals surface area contributed by atoms with Gasteiger partial charge in [0.1, 0.15) is 22.5 Å². The fraction of sp³-hybridized carbons (Fsp3) is 0.435. The average molecular weight is 409 g/mol. The van der Waals surface area contributed by atoms with Crippen LogP contribution in [0.5, 0.6) is 5.75 Å². The maximum Gasteiger partial charge on any atom is 0.258 e. The van der Waals surface area contributed by atoms with Crippen LogP contribution >= 0.6 is 0 Å². The number of rotatable bonds is 7. The van der Waals surface area contributed by atoms with Crippen molar-refractivity contribution in [2.75, 3.05) is 13.2 Å². The quantitative estimate of drug-likeness (QED) is 0.627. The molecule has 1 fully saturated rings. The van der Waals surface area contributed by atoms with E-state index in [4.69, 9.17) is 4.74 Å². The number of nitrogens with one attached hydrogen (secondary N) is 1. The zero-order valence-corrected chi connectivity index (χ0v) is 17.3. The van der Waals surface area contributed by atoms with E-state index in [1.807, 2.05) is 42.5 Å². The van der Waals surface area contributed by atoms with Crippen LogP contribution in [-0.4, -0.2) is 45.3 Å². The molecule has 30 heavy (non-hydrogen) atoms. The third-order valence-corrected chi connectivity index (χ3v) is 5.74. The Labute approximate surface area is 176 Å². The van der Waals surface area contributed by atoms with E-state index in [0.29, 0.717) is 23.8 Å². The van der Waals surface area contributed by atoms with Crippen molar-refractivity contribution >= 4 is 16.9 Å². The summed E-state index contributed by atoms with van der Waals surface area (Å²) in [6.45, 7) is 2.18. The lowest BCUT2D eigenvalue weighted by Gasteiger charge is -2.29. The lowest BCUT2D eigenvalue weighted by molar-refractivity contribution is -0.124. The molecule has 0 radical (unpaired) electrons. The van der Waals surface area contributed by atoms with Crippen LogP contribution in [0, 0.1) is 5.92 Å². The van der Waals surface area contributed by atoms with E-state index in [2.05, 4.69) is 22.4 Å². The molecule has 7 nitrogen and oxygen atoms in total. The van der Waals surface area contributed by atoms with Crippen LogP contribution in [0.1, 0.15) is 38.2 Å². The van der Waals surface area contributed by atoms with Gasteiger partial charge < -0.3 is 15.2 Å². The molecule has 4 rings (SSSR count). The highest BCUT2D eigenvalue weighted by atomic mass is 16.5. The lowest BCUT2D eigenvalue weighted by atomic mass is 9.86. The van der Waals surface area contributed by atoms with Gasteiger partial charge in [0.15, 0.2) is 6.61 Å². The number of ether oxygens (including phenoxy) is 1. The fourth-order valence-corrected chi connectivity index (χ4v) is 4.02. The Bertz CT molecular complexity index is 984. The second-order valence-corrected chi connectivity index (χ2v) is 7.98. The van der Waals surface area contributed by atoms with Gasteiger partial charge in [-0.2, -0.15) is 0 Å². The Balaban J connectivity index is 1.52. The molecule has 7 heteroatoms. The molecule has 0 bridgehead atoms. The minimum absolute atomic E-state index is 0.0517. The Hall–Kier alpha value is -2.93. The van der Waals surface area contributed by atoms with Gasteiger partial charge in [0, 0.05) is 12.6 Å². The smallest absolute Gasteiger partial charge is 0.258 e. The summed E-state index contributed by atoms with van der Waals surface area (Å²) >= 11 is 0. The number of aromatic nitrogens is 3. The van der Waals surface area contributed by atoms with Crippen molar-refractivity contribution in [3.05, 3.63) is 48.0 Å². The zero-order chi connectivity index (χ0) is 20.9. The summed E-state index contributed by atoms with van der Waals surface area (Å²) in [5.74, 6) is 0.915. The number of aliphatic hydroxyl groups excluding tert-OH is 1. The predicted octanol–water partition coefficient (Wildman–Crippen LogP) is 3.03. The van der Waals surface area contributed by atoms with Gasteiger partial charge in [-0.3, -0.25) is 4.79 Å².